The van der Waals surface area contributed by atoms with Crippen LogP contribution in [-0.4, -0.2) is 24.5 Å². The zero-order valence-electron chi connectivity index (χ0n) is 10.7. The summed E-state index contributed by atoms with van der Waals surface area (Å²) in [6, 6.07) is 6.71. The van der Waals surface area contributed by atoms with E-state index in [9.17, 15) is 17.6 Å². The second-order valence-electron chi connectivity index (χ2n) is 4.21. The molecule has 0 aliphatic carbocycles. The Bertz CT molecular complexity index is 760. The number of benzene rings is 1. The number of sulfonamides is 1. The van der Waals surface area contributed by atoms with Crippen LogP contribution in [0.2, 0.25) is 0 Å². The monoisotopic (exact) mass is 310 g/mol. The molecule has 1 aromatic carbocycles. The molecule has 2 rings (SSSR count). The molecule has 110 valence electrons. The van der Waals surface area contributed by atoms with Crippen molar-refractivity contribution in [3.05, 3.63) is 54.1 Å². The molecule has 0 aliphatic rings. The number of nitrogens with zero attached hydrogens (tertiary/aromatic N) is 1. The van der Waals surface area contributed by atoms with Gasteiger partial charge in [0.05, 0.1) is 12.6 Å². The van der Waals surface area contributed by atoms with Crippen molar-refractivity contribution in [2.24, 2.45) is 0 Å². The first kappa shape index (κ1) is 14.9. The average Bonchev–Trinajstić information content (AvgIpc) is 2.40. The van der Waals surface area contributed by atoms with Crippen molar-refractivity contribution in [1.29, 1.82) is 0 Å². The average molecular weight is 310 g/mol. The molecule has 0 fully saturated rings. The maximum atomic E-state index is 13.0. The minimum Gasteiger partial charge on any atom is -0.481 e. The lowest BCUT2D eigenvalue weighted by atomic mass is 10.1. The smallest absolute Gasteiger partial charge is 0.307 e. The first-order valence-electron chi connectivity index (χ1n) is 5.81. The molecule has 0 saturated heterocycles. The zero-order valence-corrected chi connectivity index (χ0v) is 11.5. The molecular formula is C13H11FN2O4S. The molecule has 1 heterocycles. The van der Waals surface area contributed by atoms with E-state index in [-0.39, 0.29) is 17.0 Å². The van der Waals surface area contributed by atoms with Crippen LogP contribution in [-0.2, 0) is 21.2 Å². The summed E-state index contributed by atoms with van der Waals surface area (Å²) >= 11 is 0. The summed E-state index contributed by atoms with van der Waals surface area (Å²) in [5.74, 6) is -1.73. The Labute approximate surface area is 120 Å². The van der Waals surface area contributed by atoms with E-state index in [4.69, 9.17) is 5.11 Å². The Hall–Kier alpha value is -2.48. The van der Waals surface area contributed by atoms with E-state index < -0.39 is 21.8 Å². The Morgan fingerprint density at radius 3 is 2.48 bits per heavy atom. The van der Waals surface area contributed by atoms with Crippen LogP contribution >= 0.6 is 0 Å². The quantitative estimate of drug-likeness (QED) is 0.875. The first-order valence-corrected chi connectivity index (χ1v) is 7.29. The van der Waals surface area contributed by atoms with E-state index in [1.54, 1.807) is 0 Å². The van der Waals surface area contributed by atoms with E-state index in [2.05, 4.69) is 9.71 Å². The molecule has 1 aromatic heterocycles. The van der Waals surface area contributed by atoms with Crippen molar-refractivity contribution < 1.29 is 22.7 Å². The summed E-state index contributed by atoms with van der Waals surface area (Å²) in [4.78, 5) is 13.7. The summed E-state index contributed by atoms with van der Waals surface area (Å²) in [5.41, 5.74) is 0.784. The van der Waals surface area contributed by atoms with E-state index in [0.29, 0.717) is 5.56 Å². The fraction of sp³-hybridized carbons (Fsp3) is 0.0769. The highest BCUT2D eigenvalue weighted by molar-refractivity contribution is 7.92. The number of carboxylic acids is 1. The van der Waals surface area contributed by atoms with Gasteiger partial charge in [0.2, 0.25) is 0 Å². The number of carboxylic acid groups (broad SMARTS) is 1. The van der Waals surface area contributed by atoms with E-state index >= 15 is 0 Å². The standard InChI is InChI=1S/C13H11FN2O4S/c14-10-6-12(8-15-7-10)21(19,20)16-11-3-1-9(2-4-11)5-13(17)18/h1-4,6-8,16H,5H2,(H,17,18). The SMILES string of the molecule is O=C(O)Cc1ccc(NS(=O)(=O)c2cncc(F)c2)cc1. The van der Waals surface area contributed by atoms with Crippen molar-refractivity contribution >= 4 is 21.7 Å². The molecule has 0 saturated carbocycles. The summed E-state index contributed by atoms with van der Waals surface area (Å²) in [5, 5.41) is 8.64. The van der Waals surface area contributed by atoms with Gasteiger partial charge in [-0.15, -0.1) is 0 Å². The number of hydrogen-bond acceptors (Lipinski definition) is 4. The highest BCUT2D eigenvalue weighted by Crippen LogP contribution is 2.16. The van der Waals surface area contributed by atoms with Crippen LogP contribution in [0.5, 0.6) is 0 Å². The number of nitrogens with one attached hydrogen (secondary N) is 1. The van der Waals surface area contributed by atoms with E-state index in [1.807, 2.05) is 0 Å². The number of aliphatic carboxylic acids is 1. The summed E-state index contributed by atoms with van der Waals surface area (Å²) in [6.07, 6.45) is 1.78. The molecule has 21 heavy (non-hydrogen) atoms. The van der Waals surface area contributed by atoms with Gasteiger partial charge in [0.25, 0.3) is 10.0 Å². The third kappa shape index (κ3) is 3.99. The van der Waals surface area contributed by atoms with Crippen molar-refractivity contribution in [3.8, 4) is 0 Å². The minimum absolute atomic E-state index is 0.152. The molecule has 0 spiro atoms. The third-order valence-electron chi connectivity index (χ3n) is 2.55. The molecule has 0 radical (unpaired) electrons. The van der Waals surface area contributed by atoms with Crippen molar-refractivity contribution in [3.63, 3.8) is 0 Å². The van der Waals surface area contributed by atoms with Gasteiger partial charge in [-0.2, -0.15) is 0 Å². The maximum Gasteiger partial charge on any atom is 0.307 e. The Morgan fingerprint density at radius 2 is 1.90 bits per heavy atom. The molecule has 0 unspecified atom stereocenters. The Kier molecular flexibility index (Phi) is 4.18. The summed E-state index contributed by atoms with van der Waals surface area (Å²) < 4.78 is 39.3. The number of pyridine rings is 1. The van der Waals surface area contributed by atoms with Gasteiger partial charge in [-0.05, 0) is 23.8 Å². The maximum absolute atomic E-state index is 13.0. The number of rotatable bonds is 5. The van der Waals surface area contributed by atoms with E-state index in [1.165, 1.54) is 24.3 Å². The van der Waals surface area contributed by atoms with Gasteiger partial charge < -0.3 is 5.11 Å². The topological polar surface area (TPSA) is 96.4 Å². The predicted octanol–water partition coefficient (Wildman–Crippen LogP) is 1.65. The van der Waals surface area contributed by atoms with Crippen molar-refractivity contribution in [2.45, 2.75) is 11.3 Å². The number of carbonyl (C=O) groups is 1. The molecule has 2 N–H and O–H groups in total. The van der Waals surface area contributed by atoms with Gasteiger partial charge in [-0.1, -0.05) is 12.1 Å². The van der Waals surface area contributed by atoms with Crippen molar-refractivity contribution in [1.82, 2.24) is 4.98 Å². The van der Waals surface area contributed by atoms with Crippen LogP contribution in [0.4, 0.5) is 10.1 Å². The van der Waals surface area contributed by atoms with Crippen LogP contribution in [0.3, 0.4) is 0 Å². The predicted molar refractivity (Wildman–Crippen MR) is 72.8 cm³/mol. The normalized spacial score (nSPS) is 11.1. The molecule has 2 aromatic rings. The van der Waals surface area contributed by atoms with Crippen LogP contribution in [0, 0.1) is 5.82 Å². The summed E-state index contributed by atoms with van der Waals surface area (Å²) in [7, 11) is -3.94. The fourth-order valence-electron chi connectivity index (χ4n) is 1.62. The highest BCUT2D eigenvalue weighted by Gasteiger charge is 2.15. The Balaban J connectivity index is 2.19. The molecule has 6 nitrogen and oxygen atoms in total. The fourth-order valence-corrected chi connectivity index (χ4v) is 2.65. The van der Waals surface area contributed by atoms with Gasteiger partial charge in [-0.3, -0.25) is 14.5 Å². The van der Waals surface area contributed by atoms with E-state index in [0.717, 1.165) is 18.5 Å². The van der Waals surface area contributed by atoms with Crippen LogP contribution in [0.1, 0.15) is 5.56 Å². The zero-order chi connectivity index (χ0) is 15.5. The van der Waals surface area contributed by atoms with Gasteiger partial charge >= 0.3 is 5.97 Å². The first-order chi connectivity index (χ1) is 9.87. The van der Waals surface area contributed by atoms with Crippen LogP contribution in [0.25, 0.3) is 0 Å². The third-order valence-corrected chi connectivity index (χ3v) is 3.90. The summed E-state index contributed by atoms with van der Waals surface area (Å²) in [6.45, 7) is 0. The molecule has 0 amide bonds. The van der Waals surface area contributed by atoms with Gasteiger partial charge in [0.1, 0.15) is 10.7 Å². The largest absolute Gasteiger partial charge is 0.481 e. The highest BCUT2D eigenvalue weighted by atomic mass is 32.2. The second kappa shape index (κ2) is 5.88. The van der Waals surface area contributed by atoms with Crippen LogP contribution < -0.4 is 4.72 Å². The molecule has 0 atom stereocenters. The lowest BCUT2D eigenvalue weighted by Gasteiger charge is -2.08. The Morgan fingerprint density at radius 1 is 1.24 bits per heavy atom. The number of hydrogen-bond donors (Lipinski definition) is 2. The number of anilines is 1. The lowest BCUT2D eigenvalue weighted by molar-refractivity contribution is -0.136. The lowest BCUT2D eigenvalue weighted by Crippen LogP contribution is -2.13. The molecular weight excluding hydrogens is 299 g/mol. The number of aromatic nitrogens is 1. The molecule has 0 bridgehead atoms. The van der Waals surface area contributed by atoms with Gasteiger partial charge in [0.15, 0.2) is 0 Å². The minimum atomic E-state index is -3.94. The molecule has 0 aliphatic heterocycles. The van der Waals surface area contributed by atoms with Gasteiger partial charge in [-0.25, -0.2) is 12.8 Å². The van der Waals surface area contributed by atoms with Crippen LogP contribution in [0.15, 0.2) is 47.6 Å². The number of halogens is 1. The van der Waals surface area contributed by atoms with Gasteiger partial charge in [0, 0.05) is 11.9 Å². The second-order valence-corrected chi connectivity index (χ2v) is 5.89. The van der Waals surface area contributed by atoms with Crippen molar-refractivity contribution in [2.75, 3.05) is 4.72 Å². The molecule has 8 heteroatoms.